The van der Waals surface area contributed by atoms with Gasteiger partial charge >= 0.3 is 17.1 Å². The smallest absolute Gasteiger partial charge is 0.352 e. The van der Waals surface area contributed by atoms with Crippen molar-refractivity contribution in [1.29, 1.82) is 0 Å². The first-order valence-corrected chi connectivity index (χ1v) is 15.6. The zero-order valence-corrected chi connectivity index (χ0v) is 21.2. The third kappa shape index (κ3) is 7.85. The van der Waals surface area contributed by atoms with Crippen LogP contribution >= 0.6 is 0 Å². The maximum Gasteiger partial charge on any atom is 0.352 e. The molecule has 6 nitrogen and oxygen atoms in total. The van der Waals surface area contributed by atoms with Gasteiger partial charge in [0.1, 0.15) is 0 Å². The third-order valence-corrected chi connectivity index (χ3v) is 12.5. The van der Waals surface area contributed by atoms with Gasteiger partial charge in [-0.1, -0.05) is 13.8 Å². The zero-order valence-electron chi connectivity index (χ0n) is 19.2. The van der Waals surface area contributed by atoms with Crippen molar-refractivity contribution in [1.82, 2.24) is 4.90 Å². The summed E-state index contributed by atoms with van der Waals surface area (Å²) in [5.41, 5.74) is 6.36. The molecular weight excluding hydrogens is 376 g/mol. The molecule has 0 aromatic carbocycles. The second-order valence-corrected chi connectivity index (χ2v) is 13.5. The Morgan fingerprint density at radius 1 is 0.704 bits per heavy atom. The highest BCUT2D eigenvalue weighted by atomic mass is 28.4. The zero-order chi connectivity index (χ0) is 20.9. The van der Waals surface area contributed by atoms with Crippen LogP contribution in [0.15, 0.2) is 0 Å². The Morgan fingerprint density at radius 2 is 1.04 bits per heavy atom. The predicted molar refractivity (Wildman–Crippen MR) is 118 cm³/mol. The molecule has 0 aliphatic rings. The molecule has 164 valence electrons. The van der Waals surface area contributed by atoms with E-state index in [1.807, 2.05) is 0 Å². The minimum atomic E-state index is -2.40. The Morgan fingerprint density at radius 3 is 1.26 bits per heavy atom. The Bertz CT molecular complexity index is 336. The Labute approximate surface area is 170 Å². The summed E-state index contributed by atoms with van der Waals surface area (Å²) in [4.78, 5) is 2.57. The molecule has 0 saturated heterocycles. The van der Waals surface area contributed by atoms with Crippen molar-refractivity contribution in [2.45, 2.75) is 85.2 Å². The summed E-state index contributed by atoms with van der Waals surface area (Å²) in [7, 11) is -4.80. The molecule has 2 atom stereocenters. The first-order valence-electron chi connectivity index (χ1n) is 10.8. The van der Waals surface area contributed by atoms with Gasteiger partial charge in [-0.2, -0.15) is 0 Å². The van der Waals surface area contributed by atoms with Crippen molar-refractivity contribution in [3.63, 3.8) is 0 Å². The van der Waals surface area contributed by atoms with Crippen LogP contribution < -0.4 is 5.73 Å². The Kier molecular flexibility index (Phi) is 14.3. The lowest BCUT2D eigenvalue weighted by Crippen LogP contribution is -2.67. The lowest BCUT2D eigenvalue weighted by molar-refractivity contribution is 0.0877. The van der Waals surface area contributed by atoms with Crippen LogP contribution in [-0.4, -0.2) is 72.9 Å². The van der Waals surface area contributed by atoms with Crippen LogP contribution in [0.5, 0.6) is 0 Å². The normalized spacial score (nSPS) is 15.3. The standard InChI is InChI=1S/C19H46N2O4Si2/c1-9-18(26(7,22-11-3)23-12-4)21(17-15-16-20)19(10-2)27(8,24-13-5)25-14-6/h18-19H,9-17,20H2,1-8H3. The van der Waals surface area contributed by atoms with Crippen LogP contribution in [-0.2, 0) is 17.7 Å². The van der Waals surface area contributed by atoms with E-state index in [2.05, 4.69) is 59.5 Å². The second kappa shape index (κ2) is 14.2. The largest absolute Gasteiger partial charge is 0.394 e. The molecule has 0 rings (SSSR count). The van der Waals surface area contributed by atoms with E-state index in [1.165, 1.54) is 0 Å². The lowest BCUT2D eigenvalue weighted by Gasteiger charge is -2.48. The molecule has 0 heterocycles. The van der Waals surface area contributed by atoms with E-state index in [4.69, 9.17) is 23.4 Å². The molecule has 0 bridgehead atoms. The Balaban J connectivity index is 6.04. The van der Waals surface area contributed by atoms with Crippen LogP contribution in [0.1, 0.15) is 60.8 Å². The summed E-state index contributed by atoms with van der Waals surface area (Å²) in [5, 5.41) is 0. The topological polar surface area (TPSA) is 66.2 Å². The van der Waals surface area contributed by atoms with Crippen molar-refractivity contribution >= 4 is 17.1 Å². The molecule has 8 heteroatoms. The van der Waals surface area contributed by atoms with Gasteiger partial charge in [0.25, 0.3) is 0 Å². The van der Waals surface area contributed by atoms with Crippen LogP contribution in [0, 0.1) is 0 Å². The molecule has 0 radical (unpaired) electrons. The molecule has 0 aromatic rings. The molecule has 0 amide bonds. The van der Waals surface area contributed by atoms with Crippen molar-refractivity contribution in [2.24, 2.45) is 5.73 Å². The highest BCUT2D eigenvalue weighted by Crippen LogP contribution is 2.29. The number of rotatable bonds is 17. The summed E-state index contributed by atoms with van der Waals surface area (Å²) in [5.74, 6) is 0. The maximum absolute atomic E-state index is 6.29. The van der Waals surface area contributed by atoms with Crippen LogP contribution in [0.25, 0.3) is 0 Å². The average molecular weight is 423 g/mol. The molecule has 2 unspecified atom stereocenters. The van der Waals surface area contributed by atoms with E-state index in [1.54, 1.807) is 0 Å². The number of nitrogens with two attached hydrogens (primary N) is 1. The summed E-state index contributed by atoms with van der Waals surface area (Å²) in [6.07, 6.45) is 2.90. The van der Waals surface area contributed by atoms with Crippen molar-refractivity contribution in [3.05, 3.63) is 0 Å². The van der Waals surface area contributed by atoms with Crippen molar-refractivity contribution in [3.8, 4) is 0 Å². The summed E-state index contributed by atoms with van der Waals surface area (Å²) >= 11 is 0. The van der Waals surface area contributed by atoms with Crippen LogP contribution in [0.2, 0.25) is 13.1 Å². The lowest BCUT2D eigenvalue weighted by atomic mass is 10.3. The maximum atomic E-state index is 6.29. The number of hydrogen-bond acceptors (Lipinski definition) is 6. The van der Waals surface area contributed by atoms with Gasteiger partial charge in [0, 0.05) is 26.4 Å². The molecule has 27 heavy (non-hydrogen) atoms. The summed E-state index contributed by atoms with van der Waals surface area (Å²) in [6, 6.07) is 0. The van der Waals surface area contributed by atoms with Gasteiger partial charge in [0.05, 0.1) is 11.3 Å². The molecule has 0 spiro atoms. The fourth-order valence-electron chi connectivity index (χ4n) is 4.23. The average Bonchev–Trinajstić information content (AvgIpc) is 2.61. The van der Waals surface area contributed by atoms with Crippen LogP contribution in [0.3, 0.4) is 0 Å². The van der Waals surface area contributed by atoms with Gasteiger partial charge in [-0.3, -0.25) is 4.90 Å². The molecular formula is C19H46N2O4Si2. The Hall–Kier alpha value is 0.194. The number of hydrogen-bond donors (Lipinski definition) is 1. The fraction of sp³-hybridized carbons (Fsp3) is 1.00. The van der Waals surface area contributed by atoms with E-state index in [0.29, 0.717) is 33.0 Å². The van der Waals surface area contributed by atoms with Gasteiger partial charge in [0.15, 0.2) is 0 Å². The molecule has 0 saturated carbocycles. The van der Waals surface area contributed by atoms with E-state index in [9.17, 15) is 0 Å². The number of nitrogens with zero attached hydrogens (tertiary/aromatic N) is 1. The van der Waals surface area contributed by atoms with E-state index >= 15 is 0 Å². The van der Waals surface area contributed by atoms with E-state index < -0.39 is 17.1 Å². The second-order valence-electron chi connectivity index (χ2n) is 6.99. The van der Waals surface area contributed by atoms with Crippen LogP contribution in [0.4, 0.5) is 0 Å². The molecule has 2 N–H and O–H groups in total. The SMILES string of the molecule is CCO[Si](C)(OCC)C(CC)N(CCCN)C(CC)[Si](C)(OCC)OCC. The molecule has 0 fully saturated rings. The fourth-order valence-corrected chi connectivity index (χ4v) is 10.9. The minimum Gasteiger partial charge on any atom is -0.394 e. The molecule has 0 aromatic heterocycles. The minimum absolute atomic E-state index is 0.238. The van der Waals surface area contributed by atoms with Gasteiger partial charge in [0.2, 0.25) is 0 Å². The van der Waals surface area contributed by atoms with Crippen molar-refractivity contribution < 1.29 is 17.7 Å². The summed E-state index contributed by atoms with van der Waals surface area (Å²) < 4.78 is 25.2. The molecule has 0 aliphatic heterocycles. The monoisotopic (exact) mass is 422 g/mol. The van der Waals surface area contributed by atoms with Gasteiger partial charge < -0.3 is 23.4 Å². The van der Waals surface area contributed by atoms with Crippen molar-refractivity contribution in [2.75, 3.05) is 39.5 Å². The van der Waals surface area contributed by atoms with Gasteiger partial charge in [-0.05, 0) is 73.1 Å². The molecule has 0 aliphatic carbocycles. The first-order chi connectivity index (χ1) is 12.8. The highest BCUT2D eigenvalue weighted by Gasteiger charge is 2.51. The van der Waals surface area contributed by atoms with Gasteiger partial charge in [-0.25, -0.2) is 0 Å². The summed E-state index contributed by atoms with van der Waals surface area (Å²) in [6.45, 7) is 21.4. The third-order valence-electron chi connectivity index (χ3n) is 5.13. The highest BCUT2D eigenvalue weighted by molar-refractivity contribution is 6.69. The van der Waals surface area contributed by atoms with Gasteiger partial charge in [-0.15, -0.1) is 0 Å². The van der Waals surface area contributed by atoms with E-state index in [0.717, 1.165) is 25.8 Å². The predicted octanol–water partition coefficient (Wildman–Crippen LogP) is 3.56. The first kappa shape index (κ1) is 27.2. The quantitative estimate of drug-likeness (QED) is 0.362. The van der Waals surface area contributed by atoms with E-state index in [-0.39, 0.29) is 11.3 Å².